The number of aryl methyl sites for hydroxylation is 1. The Morgan fingerprint density at radius 2 is 2.07 bits per heavy atom. The maximum atomic E-state index is 13.1. The maximum Gasteiger partial charge on any atom is 0.270 e. The van der Waals surface area contributed by atoms with Gasteiger partial charge < -0.3 is 15.0 Å². The van der Waals surface area contributed by atoms with Crippen LogP contribution >= 0.6 is 11.3 Å². The second kappa shape index (κ2) is 8.56. The van der Waals surface area contributed by atoms with Gasteiger partial charge in [0.25, 0.3) is 11.6 Å². The Balaban J connectivity index is 1.74. The zero-order chi connectivity index (χ0) is 21.1. The first-order valence-corrected chi connectivity index (χ1v) is 10.1. The monoisotopic (exact) mass is 425 g/mol. The predicted octanol–water partition coefficient (Wildman–Crippen LogP) is 3.64. The van der Waals surface area contributed by atoms with Crippen molar-refractivity contribution in [2.75, 3.05) is 31.6 Å². The van der Waals surface area contributed by atoms with Crippen molar-refractivity contribution in [3.63, 3.8) is 0 Å². The highest BCUT2D eigenvalue weighted by Gasteiger charge is 2.21. The number of anilines is 2. The fourth-order valence-electron chi connectivity index (χ4n) is 3.12. The van der Waals surface area contributed by atoms with Crippen molar-refractivity contribution >= 4 is 33.9 Å². The second-order valence-corrected chi connectivity index (χ2v) is 7.97. The third-order valence-electron chi connectivity index (χ3n) is 4.58. The summed E-state index contributed by atoms with van der Waals surface area (Å²) in [5.41, 5.74) is 1.43. The zero-order valence-corrected chi connectivity index (χ0v) is 17.0. The maximum absolute atomic E-state index is 13.1. The van der Waals surface area contributed by atoms with E-state index in [0.717, 1.165) is 4.88 Å². The van der Waals surface area contributed by atoms with Gasteiger partial charge in [0.2, 0.25) is 0 Å². The van der Waals surface area contributed by atoms with E-state index in [1.54, 1.807) is 35.4 Å². The van der Waals surface area contributed by atoms with Crippen molar-refractivity contribution in [3.05, 3.63) is 63.1 Å². The molecule has 1 aromatic carbocycles. The van der Waals surface area contributed by atoms with Gasteiger partial charge in [-0.25, -0.2) is 9.97 Å². The first-order valence-electron chi connectivity index (χ1n) is 9.33. The molecule has 1 saturated heterocycles. The van der Waals surface area contributed by atoms with Crippen molar-refractivity contribution in [1.29, 1.82) is 0 Å². The average Bonchev–Trinajstić information content (AvgIpc) is 3.18. The Morgan fingerprint density at radius 3 is 2.77 bits per heavy atom. The number of thiazole rings is 1. The largest absolute Gasteiger partial charge is 0.378 e. The molecule has 1 aliphatic heterocycles. The van der Waals surface area contributed by atoms with Gasteiger partial charge in [-0.15, -0.1) is 11.3 Å². The Kier molecular flexibility index (Phi) is 5.68. The number of amides is 1. The topological polar surface area (TPSA) is 110 Å². The number of morpholine rings is 1. The number of nitro benzene ring substituents is 1. The number of non-ortho nitro benzene ring substituents is 1. The lowest BCUT2D eigenvalue weighted by molar-refractivity contribution is -0.384. The lowest BCUT2D eigenvalue weighted by Crippen LogP contribution is -2.40. The fraction of sp³-hybridized carbons (Fsp3) is 0.250. The van der Waals surface area contributed by atoms with Crippen molar-refractivity contribution in [2.24, 2.45) is 0 Å². The van der Waals surface area contributed by atoms with Gasteiger partial charge in [-0.05, 0) is 19.1 Å². The quantitative estimate of drug-likeness (QED) is 0.491. The number of carbonyl (C=O) groups is 1. The highest BCUT2D eigenvalue weighted by Crippen LogP contribution is 2.28. The molecule has 0 spiro atoms. The molecule has 3 aromatic rings. The van der Waals surface area contributed by atoms with Crippen molar-refractivity contribution in [1.82, 2.24) is 14.9 Å². The van der Waals surface area contributed by atoms with E-state index in [1.807, 2.05) is 6.92 Å². The van der Waals surface area contributed by atoms with Gasteiger partial charge in [0.15, 0.2) is 5.13 Å². The van der Waals surface area contributed by atoms with Gasteiger partial charge in [-0.3, -0.25) is 14.9 Å². The second-order valence-electron chi connectivity index (χ2n) is 6.74. The minimum absolute atomic E-state index is 0.0377. The molecule has 0 unspecified atom stereocenters. The molecule has 9 nitrogen and oxygen atoms in total. The molecular weight excluding hydrogens is 406 g/mol. The molecule has 1 aliphatic rings. The third-order valence-corrected chi connectivity index (χ3v) is 5.41. The van der Waals surface area contributed by atoms with Crippen LogP contribution in [0.4, 0.5) is 16.6 Å². The Hall–Kier alpha value is -3.37. The van der Waals surface area contributed by atoms with Crippen LogP contribution in [0.2, 0.25) is 0 Å². The van der Waals surface area contributed by atoms with Gasteiger partial charge in [0.1, 0.15) is 5.82 Å². The van der Waals surface area contributed by atoms with Crippen molar-refractivity contribution in [3.8, 4) is 11.3 Å². The Bertz CT molecular complexity index is 1090. The molecule has 10 heteroatoms. The van der Waals surface area contributed by atoms with E-state index in [-0.39, 0.29) is 11.6 Å². The van der Waals surface area contributed by atoms with Crippen LogP contribution in [0, 0.1) is 17.0 Å². The summed E-state index contributed by atoms with van der Waals surface area (Å²) < 4.78 is 5.33. The number of nitrogens with zero attached hydrogens (tertiary/aromatic N) is 4. The van der Waals surface area contributed by atoms with E-state index in [1.165, 1.54) is 23.5 Å². The molecule has 0 atom stereocenters. The molecule has 1 fully saturated rings. The average molecular weight is 425 g/mol. The number of nitro groups is 1. The highest BCUT2D eigenvalue weighted by atomic mass is 32.1. The third kappa shape index (κ3) is 4.44. The van der Waals surface area contributed by atoms with Crippen LogP contribution in [0.3, 0.4) is 0 Å². The van der Waals surface area contributed by atoms with Gasteiger partial charge in [0, 0.05) is 47.4 Å². The zero-order valence-electron chi connectivity index (χ0n) is 16.2. The smallest absolute Gasteiger partial charge is 0.270 e. The van der Waals surface area contributed by atoms with Crippen LogP contribution in [0.25, 0.3) is 11.3 Å². The van der Waals surface area contributed by atoms with Crippen LogP contribution in [0.1, 0.15) is 15.2 Å². The number of rotatable bonds is 5. The Morgan fingerprint density at radius 1 is 1.27 bits per heavy atom. The number of ether oxygens (including phenoxy) is 1. The van der Waals surface area contributed by atoms with Crippen LogP contribution in [-0.4, -0.2) is 52.0 Å². The van der Waals surface area contributed by atoms with E-state index in [0.29, 0.717) is 54.1 Å². The SMILES string of the molecule is Cc1cnc(Nc2cc(C(=O)N3CCOCC3)cc(-c3cccc([N+](=O)[O-])c3)n2)s1. The minimum Gasteiger partial charge on any atom is -0.378 e. The van der Waals surface area contributed by atoms with E-state index in [9.17, 15) is 14.9 Å². The molecule has 4 rings (SSSR count). The minimum atomic E-state index is -0.455. The van der Waals surface area contributed by atoms with Crippen LogP contribution in [0.15, 0.2) is 42.6 Å². The number of pyridine rings is 1. The molecule has 1 N–H and O–H groups in total. The highest BCUT2D eigenvalue weighted by molar-refractivity contribution is 7.15. The van der Waals surface area contributed by atoms with E-state index in [4.69, 9.17) is 4.74 Å². The predicted molar refractivity (Wildman–Crippen MR) is 113 cm³/mol. The van der Waals surface area contributed by atoms with E-state index in [2.05, 4.69) is 15.3 Å². The van der Waals surface area contributed by atoms with Gasteiger partial charge in [0.05, 0.1) is 23.8 Å². The summed E-state index contributed by atoms with van der Waals surface area (Å²) in [6.07, 6.45) is 1.75. The number of nitrogens with one attached hydrogen (secondary N) is 1. The van der Waals surface area contributed by atoms with Crippen LogP contribution < -0.4 is 5.32 Å². The first-order chi connectivity index (χ1) is 14.5. The summed E-state index contributed by atoms with van der Waals surface area (Å²) in [6.45, 7) is 3.97. The lowest BCUT2D eigenvalue weighted by Gasteiger charge is -2.27. The lowest BCUT2D eigenvalue weighted by atomic mass is 10.1. The molecule has 0 bridgehead atoms. The molecule has 2 aromatic heterocycles. The molecule has 0 aliphatic carbocycles. The van der Waals surface area contributed by atoms with Gasteiger partial charge >= 0.3 is 0 Å². The summed E-state index contributed by atoms with van der Waals surface area (Å²) in [5.74, 6) is 0.315. The fourth-order valence-corrected chi connectivity index (χ4v) is 3.79. The molecular formula is C20H19N5O4S. The van der Waals surface area contributed by atoms with Crippen LogP contribution in [0.5, 0.6) is 0 Å². The standard InChI is InChI=1S/C20H19N5O4S/c1-13-12-21-20(30-13)23-18-11-15(19(26)24-5-7-29-8-6-24)10-17(22-18)14-3-2-4-16(9-14)25(27)28/h2-4,9-12H,5-8H2,1H3,(H,21,22,23). The van der Waals surface area contributed by atoms with Crippen LogP contribution in [-0.2, 0) is 4.74 Å². The molecule has 1 amide bonds. The van der Waals surface area contributed by atoms with Crippen molar-refractivity contribution < 1.29 is 14.5 Å². The molecule has 0 saturated carbocycles. The molecule has 3 heterocycles. The summed E-state index contributed by atoms with van der Waals surface area (Å²) in [6, 6.07) is 9.54. The number of hydrogen-bond donors (Lipinski definition) is 1. The normalized spacial score (nSPS) is 13.8. The van der Waals surface area contributed by atoms with Gasteiger partial charge in [-0.2, -0.15) is 0 Å². The summed E-state index contributed by atoms with van der Waals surface area (Å²) in [7, 11) is 0. The van der Waals surface area contributed by atoms with E-state index >= 15 is 0 Å². The summed E-state index contributed by atoms with van der Waals surface area (Å²) >= 11 is 1.47. The molecule has 154 valence electrons. The number of benzene rings is 1. The molecule has 30 heavy (non-hydrogen) atoms. The number of aromatic nitrogens is 2. The van der Waals surface area contributed by atoms with Crippen molar-refractivity contribution in [2.45, 2.75) is 6.92 Å². The Labute approximate surface area is 176 Å². The number of carbonyl (C=O) groups excluding carboxylic acids is 1. The van der Waals surface area contributed by atoms with E-state index < -0.39 is 4.92 Å². The number of hydrogen-bond acceptors (Lipinski definition) is 8. The summed E-state index contributed by atoms with van der Waals surface area (Å²) in [4.78, 5) is 35.4. The summed E-state index contributed by atoms with van der Waals surface area (Å²) in [5, 5.41) is 15.0. The molecule has 0 radical (unpaired) electrons. The first kappa shape index (κ1) is 19.9. The van der Waals surface area contributed by atoms with Gasteiger partial charge in [-0.1, -0.05) is 12.1 Å².